The van der Waals surface area contributed by atoms with Gasteiger partial charge in [-0.25, -0.2) is 13.2 Å². The molecular weight excluding hydrogens is 492 g/mol. The number of aryl methyl sites for hydroxylation is 1. The highest BCUT2D eigenvalue weighted by Gasteiger charge is 2.33. The monoisotopic (exact) mass is 514 g/mol. The molecule has 35 heavy (non-hydrogen) atoms. The van der Waals surface area contributed by atoms with E-state index >= 15 is 0 Å². The minimum atomic E-state index is -3.92. The molecule has 1 heterocycles. The molecule has 0 radical (unpaired) electrons. The van der Waals surface area contributed by atoms with Gasteiger partial charge in [0.15, 0.2) is 0 Å². The number of methoxy groups -OCH3 is 2. The van der Waals surface area contributed by atoms with Crippen LogP contribution in [0, 0.1) is 6.92 Å². The average Bonchev–Trinajstić information content (AvgIpc) is 3.28. The number of sulfonamides is 1. The number of benzene rings is 3. The third-order valence-electron chi connectivity index (χ3n) is 5.72. The van der Waals surface area contributed by atoms with Crippen molar-refractivity contribution in [2.45, 2.75) is 18.2 Å². The molecule has 3 aromatic carbocycles. The van der Waals surface area contributed by atoms with Crippen molar-refractivity contribution in [1.29, 1.82) is 0 Å². The first-order valence-electron chi connectivity index (χ1n) is 10.6. The number of halogens is 1. The van der Waals surface area contributed by atoms with Gasteiger partial charge in [-0.05, 0) is 66.9 Å². The van der Waals surface area contributed by atoms with E-state index in [1.165, 1.54) is 36.7 Å². The first-order valence-corrected chi connectivity index (χ1v) is 12.5. The van der Waals surface area contributed by atoms with Gasteiger partial charge in [0.05, 0.1) is 30.5 Å². The molecule has 4 rings (SSSR count). The fourth-order valence-electron chi connectivity index (χ4n) is 3.92. The maximum atomic E-state index is 13.5. The number of hydrogen-bond acceptors (Lipinski definition) is 6. The number of esters is 1. The Bertz CT molecular complexity index is 1440. The fraction of sp³-hybridized carbons (Fsp3) is 0.200. The van der Waals surface area contributed by atoms with Gasteiger partial charge in [0.2, 0.25) is 0 Å². The summed E-state index contributed by atoms with van der Waals surface area (Å²) in [5.74, 6) is -0.782. The van der Waals surface area contributed by atoms with Crippen LogP contribution in [0.1, 0.15) is 31.8 Å². The molecule has 0 atom stereocenters. The van der Waals surface area contributed by atoms with Crippen LogP contribution in [0.3, 0.4) is 0 Å². The van der Waals surface area contributed by atoms with Crippen LogP contribution in [0.4, 0.5) is 11.4 Å². The molecule has 10 heteroatoms. The van der Waals surface area contributed by atoms with Gasteiger partial charge in [-0.2, -0.15) is 0 Å². The first kappa shape index (κ1) is 24.6. The molecule has 0 unspecified atom stereocenters. The average molecular weight is 515 g/mol. The molecule has 3 aromatic rings. The molecule has 0 bridgehead atoms. The summed E-state index contributed by atoms with van der Waals surface area (Å²) in [6, 6.07) is 14.4. The molecular formula is C25H23ClN2O6S. The largest absolute Gasteiger partial charge is 0.495 e. The Labute approximate surface area is 208 Å². The smallest absolute Gasteiger partial charge is 0.339 e. The predicted molar refractivity (Wildman–Crippen MR) is 133 cm³/mol. The standard InChI is InChI=1S/C25H23ClN2O6S/c1-15-4-9-22(33-2)23(12-15)35(31,32)28-11-10-16-5-6-17(13-21(16)28)24(29)27-18-7-8-19(20(26)14-18)25(30)34-3/h4-9,12-14H,10-11H2,1-3H3,(H,27,29). The van der Waals surface area contributed by atoms with Crippen LogP contribution in [0.5, 0.6) is 5.75 Å². The Balaban J connectivity index is 1.63. The van der Waals surface area contributed by atoms with Crippen molar-refractivity contribution >= 4 is 44.9 Å². The maximum Gasteiger partial charge on any atom is 0.339 e. The summed E-state index contributed by atoms with van der Waals surface area (Å²) in [7, 11) is -1.25. The molecule has 0 spiro atoms. The van der Waals surface area contributed by atoms with Crippen LogP contribution in [0.2, 0.25) is 5.02 Å². The van der Waals surface area contributed by atoms with Gasteiger partial charge >= 0.3 is 5.97 Å². The quantitative estimate of drug-likeness (QED) is 0.488. The third-order valence-corrected chi connectivity index (χ3v) is 7.87. The number of nitrogens with zero attached hydrogens (tertiary/aromatic N) is 1. The van der Waals surface area contributed by atoms with Crippen molar-refractivity contribution in [3.8, 4) is 5.75 Å². The number of anilines is 2. The van der Waals surface area contributed by atoms with E-state index in [1.54, 1.807) is 36.4 Å². The minimum Gasteiger partial charge on any atom is -0.495 e. The SMILES string of the molecule is COC(=O)c1ccc(NC(=O)c2ccc3c(c2)N(S(=O)(=O)c2cc(C)ccc2OC)CC3)cc1Cl. The number of fused-ring (bicyclic) bond motifs is 1. The van der Waals surface area contributed by atoms with Crippen molar-refractivity contribution in [3.05, 3.63) is 81.9 Å². The molecule has 182 valence electrons. The van der Waals surface area contributed by atoms with Gasteiger partial charge < -0.3 is 14.8 Å². The number of nitrogens with one attached hydrogen (secondary N) is 1. The highest BCUT2D eigenvalue weighted by molar-refractivity contribution is 7.93. The molecule has 0 saturated heterocycles. The number of rotatable bonds is 6. The number of carbonyl (C=O) groups is 2. The van der Waals surface area contributed by atoms with Gasteiger partial charge in [-0.3, -0.25) is 9.10 Å². The van der Waals surface area contributed by atoms with Crippen molar-refractivity contribution in [3.63, 3.8) is 0 Å². The Kier molecular flexibility index (Phi) is 6.73. The minimum absolute atomic E-state index is 0.0723. The number of amides is 1. The van der Waals surface area contributed by atoms with Crippen molar-refractivity contribution in [2.75, 3.05) is 30.4 Å². The molecule has 1 aliphatic heterocycles. The Morgan fingerprint density at radius 1 is 1.03 bits per heavy atom. The summed E-state index contributed by atoms with van der Waals surface area (Å²) in [5.41, 5.74) is 2.88. The molecule has 1 aliphatic rings. The zero-order valence-corrected chi connectivity index (χ0v) is 20.9. The number of hydrogen-bond donors (Lipinski definition) is 1. The summed E-state index contributed by atoms with van der Waals surface area (Å²) in [5, 5.41) is 2.85. The zero-order chi connectivity index (χ0) is 25.3. The van der Waals surface area contributed by atoms with Crippen LogP contribution in [-0.4, -0.2) is 41.1 Å². The van der Waals surface area contributed by atoms with E-state index < -0.39 is 21.9 Å². The topological polar surface area (TPSA) is 102 Å². The highest BCUT2D eigenvalue weighted by Crippen LogP contribution is 2.37. The molecule has 1 N–H and O–H groups in total. The molecule has 8 nitrogen and oxygen atoms in total. The molecule has 0 fully saturated rings. The van der Waals surface area contributed by atoms with E-state index in [1.807, 2.05) is 6.92 Å². The highest BCUT2D eigenvalue weighted by atomic mass is 35.5. The first-order chi connectivity index (χ1) is 16.6. The molecule has 0 saturated carbocycles. The second kappa shape index (κ2) is 9.59. The lowest BCUT2D eigenvalue weighted by Crippen LogP contribution is -2.29. The summed E-state index contributed by atoms with van der Waals surface area (Å²) < 4.78 is 38.4. The Hall–Kier alpha value is -3.56. The summed E-state index contributed by atoms with van der Waals surface area (Å²) >= 11 is 6.14. The van der Waals surface area contributed by atoms with Gasteiger partial charge in [0, 0.05) is 17.8 Å². The fourth-order valence-corrected chi connectivity index (χ4v) is 5.91. The lowest BCUT2D eigenvalue weighted by molar-refractivity contribution is 0.0601. The maximum absolute atomic E-state index is 13.5. The Morgan fingerprint density at radius 3 is 2.49 bits per heavy atom. The van der Waals surface area contributed by atoms with Crippen LogP contribution >= 0.6 is 11.6 Å². The summed E-state index contributed by atoms with van der Waals surface area (Å²) in [4.78, 5) is 24.7. The molecule has 0 aromatic heterocycles. The lowest BCUT2D eigenvalue weighted by atomic mass is 10.1. The second-order valence-electron chi connectivity index (χ2n) is 7.97. The van der Waals surface area contributed by atoms with Gasteiger partial charge in [0.25, 0.3) is 15.9 Å². The van der Waals surface area contributed by atoms with Crippen LogP contribution in [-0.2, 0) is 21.2 Å². The molecule has 1 amide bonds. The van der Waals surface area contributed by atoms with Crippen molar-refractivity contribution in [1.82, 2.24) is 0 Å². The van der Waals surface area contributed by atoms with E-state index in [9.17, 15) is 18.0 Å². The summed E-state index contributed by atoms with van der Waals surface area (Å²) in [6.45, 7) is 2.06. The van der Waals surface area contributed by atoms with Gasteiger partial charge in [-0.15, -0.1) is 0 Å². The normalized spacial score (nSPS) is 12.7. The van der Waals surface area contributed by atoms with Gasteiger partial charge in [-0.1, -0.05) is 23.7 Å². The van der Waals surface area contributed by atoms with Crippen molar-refractivity contribution in [2.24, 2.45) is 0 Å². The van der Waals surface area contributed by atoms with E-state index in [0.717, 1.165) is 11.1 Å². The van der Waals surface area contributed by atoms with Crippen molar-refractivity contribution < 1.29 is 27.5 Å². The lowest BCUT2D eigenvalue weighted by Gasteiger charge is -2.21. The van der Waals surface area contributed by atoms with Crippen LogP contribution in [0.25, 0.3) is 0 Å². The molecule has 0 aliphatic carbocycles. The van der Waals surface area contributed by atoms with Crippen LogP contribution < -0.4 is 14.4 Å². The zero-order valence-electron chi connectivity index (χ0n) is 19.3. The third kappa shape index (κ3) is 4.69. The Morgan fingerprint density at radius 2 is 1.80 bits per heavy atom. The van der Waals surface area contributed by atoms with E-state index in [-0.39, 0.29) is 33.3 Å². The second-order valence-corrected chi connectivity index (χ2v) is 10.2. The van der Waals surface area contributed by atoms with Crippen LogP contribution in [0.15, 0.2) is 59.5 Å². The number of ether oxygens (including phenoxy) is 2. The number of carbonyl (C=O) groups excluding carboxylic acids is 2. The van der Waals surface area contributed by atoms with Gasteiger partial charge in [0.1, 0.15) is 10.6 Å². The van der Waals surface area contributed by atoms with E-state index in [0.29, 0.717) is 17.8 Å². The predicted octanol–water partition coefficient (Wildman–Crippen LogP) is 4.45. The summed E-state index contributed by atoms with van der Waals surface area (Å²) in [6.07, 6.45) is 0.523. The van der Waals surface area contributed by atoms with E-state index in [4.69, 9.17) is 16.3 Å². The van der Waals surface area contributed by atoms with E-state index in [2.05, 4.69) is 10.1 Å².